The lowest BCUT2D eigenvalue weighted by Gasteiger charge is -1.95. The molecular weight excluding hydrogens is 270 g/mol. The van der Waals surface area contributed by atoms with E-state index in [1.54, 1.807) is 0 Å². The summed E-state index contributed by atoms with van der Waals surface area (Å²) in [6.07, 6.45) is 0. The average Bonchev–Trinajstić information content (AvgIpc) is 1.21. The van der Waals surface area contributed by atoms with Gasteiger partial charge in [0.2, 0.25) is 3.57 Å². The van der Waals surface area contributed by atoms with Crippen molar-refractivity contribution in [1.82, 2.24) is 0 Å². The largest absolute Gasteiger partial charge is 0.399 e. The van der Waals surface area contributed by atoms with Crippen LogP contribution in [0.5, 0.6) is 0 Å². The number of alkyl halides is 2. The fourth-order valence-corrected chi connectivity index (χ4v) is 1.34. The molecule has 1 unspecified atom stereocenters. The van der Waals surface area contributed by atoms with Gasteiger partial charge in [-0.05, 0) is 22.6 Å². The number of hydrogen-bond acceptors (Lipinski definition) is 3. The van der Waals surface area contributed by atoms with Crippen molar-refractivity contribution < 1.29 is 17.2 Å². The third kappa shape index (κ3) is 6.89. The van der Waals surface area contributed by atoms with Crippen molar-refractivity contribution in [2.24, 2.45) is 0 Å². The van der Waals surface area contributed by atoms with Gasteiger partial charge in [-0.25, -0.2) is 4.18 Å². The SMILES string of the molecule is O=S(=O)(O)OC(Cl)I. The Bertz CT molecular complexity index is 149. The highest BCUT2D eigenvalue weighted by atomic mass is 127. The van der Waals surface area contributed by atoms with Gasteiger partial charge in [-0.3, -0.25) is 4.55 Å². The van der Waals surface area contributed by atoms with Crippen molar-refractivity contribution in [2.45, 2.75) is 3.57 Å². The van der Waals surface area contributed by atoms with Crippen LogP contribution in [0.2, 0.25) is 0 Å². The van der Waals surface area contributed by atoms with Crippen LogP contribution in [0.15, 0.2) is 0 Å². The van der Waals surface area contributed by atoms with Gasteiger partial charge < -0.3 is 0 Å². The van der Waals surface area contributed by atoms with Gasteiger partial charge in [-0.1, -0.05) is 11.6 Å². The predicted octanol–water partition coefficient (Wildman–Crippen LogP) is 0.763. The molecule has 0 saturated heterocycles. The van der Waals surface area contributed by atoms with E-state index in [1.807, 2.05) is 0 Å². The second-order valence-corrected chi connectivity index (χ2v) is 4.10. The van der Waals surface area contributed by atoms with Gasteiger partial charge in [0.15, 0.2) is 0 Å². The fourth-order valence-electron chi connectivity index (χ4n) is 0.0919. The van der Waals surface area contributed by atoms with Crippen molar-refractivity contribution >= 4 is 44.6 Å². The summed E-state index contributed by atoms with van der Waals surface area (Å²) in [7, 11) is -4.36. The van der Waals surface area contributed by atoms with E-state index in [4.69, 9.17) is 16.2 Å². The normalized spacial score (nSPS) is 15.9. The fraction of sp³-hybridized carbons (Fsp3) is 1.00. The Hall–Kier alpha value is 0.890. The van der Waals surface area contributed by atoms with Crippen LogP contribution in [0.4, 0.5) is 0 Å². The molecule has 0 radical (unpaired) electrons. The Morgan fingerprint density at radius 3 is 2.12 bits per heavy atom. The molecule has 0 spiro atoms. The zero-order valence-corrected chi connectivity index (χ0v) is 7.14. The lowest BCUT2D eigenvalue weighted by atomic mass is 11.7. The lowest BCUT2D eigenvalue weighted by Crippen LogP contribution is -2.05. The number of rotatable bonds is 2. The number of halogens is 2. The van der Waals surface area contributed by atoms with Crippen LogP contribution in [0.1, 0.15) is 0 Å². The minimum absolute atomic E-state index is 1.05. The summed E-state index contributed by atoms with van der Waals surface area (Å²) in [6, 6.07) is 0. The van der Waals surface area contributed by atoms with Gasteiger partial charge in [0, 0.05) is 0 Å². The summed E-state index contributed by atoms with van der Waals surface area (Å²) in [5.41, 5.74) is 0. The van der Waals surface area contributed by atoms with Crippen molar-refractivity contribution in [2.75, 3.05) is 0 Å². The Balaban J connectivity index is 3.75. The minimum atomic E-state index is -4.36. The molecule has 4 nitrogen and oxygen atoms in total. The Morgan fingerprint density at radius 1 is 1.75 bits per heavy atom. The highest BCUT2D eigenvalue weighted by Gasteiger charge is 2.08. The molecular formula is CH2ClIO4S. The summed E-state index contributed by atoms with van der Waals surface area (Å²) in [5, 5.41) is 0. The molecule has 0 aliphatic heterocycles. The molecule has 0 aliphatic rings. The minimum Gasteiger partial charge on any atom is -0.263 e. The summed E-state index contributed by atoms with van der Waals surface area (Å²) in [6.45, 7) is 0. The van der Waals surface area contributed by atoms with Crippen molar-refractivity contribution in [3.8, 4) is 0 Å². The highest BCUT2D eigenvalue weighted by molar-refractivity contribution is 14.1. The maximum Gasteiger partial charge on any atom is 0.399 e. The third-order valence-electron chi connectivity index (χ3n) is 0.194. The van der Waals surface area contributed by atoms with Gasteiger partial charge >= 0.3 is 10.4 Å². The van der Waals surface area contributed by atoms with E-state index in [0.717, 1.165) is 0 Å². The molecule has 0 fully saturated rings. The van der Waals surface area contributed by atoms with Crippen LogP contribution < -0.4 is 0 Å². The lowest BCUT2D eigenvalue weighted by molar-refractivity contribution is 0.302. The van der Waals surface area contributed by atoms with E-state index in [0.29, 0.717) is 0 Å². The van der Waals surface area contributed by atoms with Crippen LogP contribution >= 0.6 is 34.2 Å². The zero-order chi connectivity index (χ0) is 6.78. The van der Waals surface area contributed by atoms with E-state index in [9.17, 15) is 8.42 Å². The predicted molar refractivity (Wildman–Crippen MR) is 36.3 cm³/mol. The molecule has 0 heterocycles. The van der Waals surface area contributed by atoms with Gasteiger partial charge in [-0.2, -0.15) is 8.42 Å². The quantitative estimate of drug-likeness (QED) is 0.458. The van der Waals surface area contributed by atoms with Crippen molar-refractivity contribution in [3.63, 3.8) is 0 Å². The molecule has 0 amide bonds. The van der Waals surface area contributed by atoms with Gasteiger partial charge in [0.1, 0.15) is 0 Å². The molecule has 0 aromatic rings. The van der Waals surface area contributed by atoms with E-state index in [1.165, 1.54) is 22.6 Å². The molecule has 1 atom stereocenters. The molecule has 0 aromatic carbocycles. The van der Waals surface area contributed by atoms with Crippen LogP contribution in [0.25, 0.3) is 0 Å². The summed E-state index contributed by atoms with van der Waals surface area (Å²) in [4.78, 5) is 0. The van der Waals surface area contributed by atoms with Gasteiger partial charge in [-0.15, -0.1) is 0 Å². The molecule has 0 aliphatic carbocycles. The van der Waals surface area contributed by atoms with Crippen LogP contribution in [-0.2, 0) is 14.6 Å². The second-order valence-electron chi connectivity index (χ2n) is 0.785. The van der Waals surface area contributed by atoms with E-state index < -0.39 is 14.0 Å². The first-order valence-electron chi connectivity index (χ1n) is 1.35. The molecule has 7 heteroatoms. The topological polar surface area (TPSA) is 63.6 Å². The Labute approximate surface area is 65.3 Å². The van der Waals surface area contributed by atoms with Gasteiger partial charge in [0.25, 0.3) is 0 Å². The van der Waals surface area contributed by atoms with E-state index in [2.05, 4.69) is 4.18 Å². The maximum atomic E-state index is 9.69. The summed E-state index contributed by atoms with van der Waals surface area (Å²) >= 11 is 6.46. The van der Waals surface area contributed by atoms with Crippen LogP contribution in [-0.4, -0.2) is 16.5 Å². The second kappa shape index (κ2) is 3.16. The molecule has 0 bridgehead atoms. The van der Waals surface area contributed by atoms with Gasteiger partial charge in [0.05, 0.1) is 0 Å². The van der Waals surface area contributed by atoms with E-state index >= 15 is 0 Å². The first kappa shape index (κ1) is 8.89. The molecule has 50 valence electrons. The molecule has 0 rings (SSSR count). The van der Waals surface area contributed by atoms with E-state index in [-0.39, 0.29) is 0 Å². The highest BCUT2D eigenvalue weighted by Crippen LogP contribution is 2.09. The standard InChI is InChI=1S/CH2ClIO4S/c2-1(3)7-8(4,5)6/h1H,(H,4,5,6). The van der Waals surface area contributed by atoms with Crippen LogP contribution in [0, 0.1) is 0 Å². The van der Waals surface area contributed by atoms with Crippen molar-refractivity contribution in [3.05, 3.63) is 0 Å². The smallest absolute Gasteiger partial charge is 0.263 e. The molecule has 0 saturated carbocycles. The Kier molecular flexibility index (Phi) is 3.51. The van der Waals surface area contributed by atoms with Crippen molar-refractivity contribution in [1.29, 1.82) is 0 Å². The van der Waals surface area contributed by atoms with Crippen LogP contribution in [0.3, 0.4) is 0 Å². The molecule has 0 aromatic heterocycles. The zero-order valence-electron chi connectivity index (χ0n) is 3.41. The summed E-state index contributed by atoms with van der Waals surface area (Å²) < 4.78 is 29.9. The molecule has 1 N–H and O–H groups in total. The first-order valence-corrected chi connectivity index (χ1v) is 4.40. The monoisotopic (exact) mass is 272 g/mol. The number of hydrogen-bond donors (Lipinski definition) is 1. The first-order chi connectivity index (χ1) is 3.42. The Morgan fingerprint density at radius 2 is 2.12 bits per heavy atom. The molecule has 8 heavy (non-hydrogen) atoms. The third-order valence-corrected chi connectivity index (χ3v) is 1.42. The summed E-state index contributed by atoms with van der Waals surface area (Å²) in [5.74, 6) is 0. The maximum absolute atomic E-state index is 9.69. The average molecular weight is 272 g/mol.